The van der Waals surface area contributed by atoms with Crippen molar-refractivity contribution in [2.45, 2.75) is 26.7 Å². The van der Waals surface area contributed by atoms with Gasteiger partial charge in [-0.25, -0.2) is 0 Å². The van der Waals surface area contributed by atoms with Crippen molar-refractivity contribution in [3.8, 4) is 0 Å². The number of Topliss-reactive ketones (excluding diaryl/α,β-unsaturated/α-hetero) is 1. The average molecular weight is 374 g/mol. The number of anilines is 3. The highest BCUT2D eigenvalue weighted by molar-refractivity contribution is 6.02. The van der Waals surface area contributed by atoms with E-state index in [1.165, 1.54) is 12.5 Å². The van der Waals surface area contributed by atoms with Gasteiger partial charge < -0.3 is 10.6 Å². The lowest BCUT2D eigenvalue weighted by molar-refractivity contribution is 0.101. The lowest BCUT2D eigenvalue weighted by Gasteiger charge is -2.09. The van der Waals surface area contributed by atoms with E-state index in [0.717, 1.165) is 5.69 Å². The first-order chi connectivity index (χ1) is 13.4. The molecule has 142 valence electrons. The summed E-state index contributed by atoms with van der Waals surface area (Å²) in [5.41, 5.74) is 3.57. The fourth-order valence-corrected chi connectivity index (χ4v) is 2.60. The summed E-state index contributed by atoms with van der Waals surface area (Å²) in [7, 11) is 0. The normalized spacial score (nSPS) is 10.6. The SMILES string of the molecule is CC(=O)c1ccc(Nc2ccc(C(=O)Nc3ccc(C(C)C)cc3)nn2)cc1. The van der Waals surface area contributed by atoms with Crippen LogP contribution in [0.25, 0.3) is 0 Å². The number of hydrogen-bond donors (Lipinski definition) is 2. The number of benzene rings is 2. The minimum absolute atomic E-state index is 0.0144. The lowest BCUT2D eigenvalue weighted by atomic mass is 10.0. The van der Waals surface area contributed by atoms with Gasteiger partial charge in [0.2, 0.25) is 0 Å². The van der Waals surface area contributed by atoms with Crippen LogP contribution < -0.4 is 10.6 Å². The van der Waals surface area contributed by atoms with E-state index in [9.17, 15) is 9.59 Å². The number of amides is 1. The molecule has 2 aromatic carbocycles. The Kier molecular flexibility index (Phi) is 5.79. The highest BCUT2D eigenvalue weighted by Crippen LogP contribution is 2.18. The van der Waals surface area contributed by atoms with Crippen molar-refractivity contribution in [2.24, 2.45) is 0 Å². The van der Waals surface area contributed by atoms with Crippen LogP contribution in [0.5, 0.6) is 0 Å². The first-order valence-corrected chi connectivity index (χ1v) is 9.05. The van der Waals surface area contributed by atoms with Gasteiger partial charge in [-0.05, 0) is 66.9 Å². The van der Waals surface area contributed by atoms with Crippen LogP contribution in [0.4, 0.5) is 17.2 Å². The molecule has 3 rings (SSSR count). The molecule has 0 bridgehead atoms. The van der Waals surface area contributed by atoms with Crippen LogP contribution in [0, 0.1) is 0 Å². The average Bonchev–Trinajstić information content (AvgIpc) is 2.69. The molecular weight excluding hydrogens is 352 g/mol. The van der Waals surface area contributed by atoms with Gasteiger partial charge in [0.25, 0.3) is 5.91 Å². The summed E-state index contributed by atoms with van der Waals surface area (Å²) in [5, 5.41) is 13.9. The van der Waals surface area contributed by atoms with Gasteiger partial charge in [-0.1, -0.05) is 26.0 Å². The Hall–Kier alpha value is -3.54. The Morgan fingerprint density at radius 3 is 2.00 bits per heavy atom. The Bertz CT molecular complexity index is 963. The van der Waals surface area contributed by atoms with Crippen molar-refractivity contribution in [1.29, 1.82) is 0 Å². The van der Waals surface area contributed by atoms with Gasteiger partial charge in [-0.2, -0.15) is 0 Å². The Morgan fingerprint density at radius 2 is 1.46 bits per heavy atom. The Balaban J connectivity index is 1.63. The Morgan fingerprint density at radius 1 is 0.821 bits per heavy atom. The molecular formula is C22H22N4O2. The van der Waals surface area contributed by atoms with Crippen molar-refractivity contribution in [3.05, 3.63) is 77.5 Å². The lowest BCUT2D eigenvalue weighted by Crippen LogP contribution is -2.14. The topological polar surface area (TPSA) is 84.0 Å². The predicted molar refractivity (Wildman–Crippen MR) is 110 cm³/mol. The molecule has 6 heteroatoms. The summed E-state index contributed by atoms with van der Waals surface area (Å²) in [6, 6.07) is 18.1. The maximum Gasteiger partial charge on any atom is 0.276 e. The first kappa shape index (κ1) is 19.2. The summed E-state index contributed by atoms with van der Waals surface area (Å²) < 4.78 is 0. The monoisotopic (exact) mass is 374 g/mol. The van der Waals surface area contributed by atoms with Crippen molar-refractivity contribution in [1.82, 2.24) is 10.2 Å². The number of carbonyl (C=O) groups excluding carboxylic acids is 2. The van der Waals surface area contributed by atoms with Gasteiger partial charge in [0.05, 0.1) is 0 Å². The van der Waals surface area contributed by atoms with Gasteiger partial charge in [-0.3, -0.25) is 9.59 Å². The Labute approximate surface area is 164 Å². The second kappa shape index (κ2) is 8.43. The second-order valence-corrected chi connectivity index (χ2v) is 6.79. The van der Waals surface area contributed by atoms with Crippen LogP contribution >= 0.6 is 0 Å². The molecule has 0 aliphatic heterocycles. The smallest absolute Gasteiger partial charge is 0.276 e. The molecule has 1 amide bonds. The fraction of sp³-hybridized carbons (Fsp3) is 0.182. The first-order valence-electron chi connectivity index (χ1n) is 9.05. The molecule has 1 aromatic heterocycles. The molecule has 0 fully saturated rings. The van der Waals surface area contributed by atoms with Gasteiger partial charge in [0, 0.05) is 16.9 Å². The zero-order valence-electron chi connectivity index (χ0n) is 16.1. The van der Waals surface area contributed by atoms with Crippen molar-refractivity contribution < 1.29 is 9.59 Å². The number of nitrogens with zero attached hydrogens (tertiary/aromatic N) is 2. The number of nitrogens with one attached hydrogen (secondary N) is 2. The van der Waals surface area contributed by atoms with Crippen LogP contribution in [0.2, 0.25) is 0 Å². The molecule has 6 nitrogen and oxygen atoms in total. The van der Waals surface area contributed by atoms with Crippen molar-refractivity contribution >= 4 is 28.9 Å². The number of ketones is 1. The van der Waals surface area contributed by atoms with E-state index in [1.54, 1.807) is 36.4 Å². The molecule has 2 N–H and O–H groups in total. The molecule has 0 unspecified atom stereocenters. The summed E-state index contributed by atoms with van der Waals surface area (Å²) in [5.74, 6) is 0.644. The molecule has 0 saturated carbocycles. The largest absolute Gasteiger partial charge is 0.339 e. The van der Waals surface area contributed by atoms with Crippen molar-refractivity contribution in [2.75, 3.05) is 10.6 Å². The molecule has 0 atom stereocenters. The summed E-state index contributed by atoms with van der Waals surface area (Å²) in [6.07, 6.45) is 0. The second-order valence-electron chi connectivity index (χ2n) is 6.79. The minimum Gasteiger partial charge on any atom is -0.339 e. The van der Waals surface area contributed by atoms with Gasteiger partial charge in [0.1, 0.15) is 0 Å². The summed E-state index contributed by atoms with van der Waals surface area (Å²) in [6.45, 7) is 5.77. The van der Waals surface area contributed by atoms with Crippen LogP contribution in [0.15, 0.2) is 60.7 Å². The number of hydrogen-bond acceptors (Lipinski definition) is 5. The molecule has 0 radical (unpaired) electrons. The molecule has 0 saturated heterocycles. The van der Waals surface area contributed by atoms with E-state index in [4.69, 9.17) is 0 Å². The molecule has 0 spiro atoms. The van der Waals surface area contributed by atoms with Gasteiger partial charge in [-0.15, -0.1) is 10.2 Å². The highest BCUT2D eigenvalue weighted by Gasteiger charge is 2.09. The van der Waals surface area contributed by atoms with Crippen LogP contribution in [0.1, 0.15) is 53.1 Å². The number of carbonyl (C=O) groups is 2. The van der Waals surface area contributed by atoms with E-state index in [-0.39, 0.29) is 17.4 Å². The summed E-state index contributed by atoms with van der Waals surface area (Å²) in [4.78, 5) is 23.7. The maximum absolute atomic E-state index is 12.3. The van der Waals surface area contributed by atoms with Crippen LogP contribution in [-0.2, 0) is 0 Å². The zero-order valence-corrected chi connectivity index (χ0v) is 16.1. The fourth-order valence-electron chi connectivity index (χ4n) is 2.60. The van der Waals surface area contributed by atoms with Crippen molar-refractivity contribution in [3.63, 3.8) is 0 Å². The van der Waals surface area contributed by atoms with Crippen LogP contribution in [-0.4, -0.2) is 21.9 Å². The van der Waals surface area contributed by atoms with E-state index >= 15 is 0 Å². The number of aromatic nitrogens is 2. The summed E-state index contributed by atoms with van der Waals surface area (Å²) >= 11 is 0. The third-order valence-electron chi connectivity index (χ3n) is 4.30. The number of rotatable bonds is 6. The van der Waals surface area contributed by atoms with Gasteiger partial charge >= 0.3 is 0 Å². The zero-order chi connectivity index (χ0) is 20.1. The highest BCUT2D eigenvalue weighted by atomic mass is 16.2. The van der Waals surface area contributed by atoms with E-state index in [0.29, 0.717) is 23.0 Å². The molecule has 0 aliphatic carbocycles. The third-order valence-corrected chi connectivity index (χ3v) is 4.30. The quantitative estimate of drug-likeness (QED) is 0.606. The third kappa shape index (κ3) is 4.79. The molecule has 28 heavy (non-hydrogen) atoms. The van der Waals surface area contributed by atoms with E-state index < -0.39 is 0 Å². The minimum atomic E-state index is -0.317. The molecule has 1 heterocycles. The predicted octanol–water partition coefficient (Wildman–Crippen LogP) is 4.80. The molecule has 3 aromatic rings. The van der Waals surface area contributed by atoms with E-state index in [2.05, 4.69) is 34.7 Å². The van der Waals surface area contributed by atoms with Crippen LogP contribution in [0.3, 0.4) is 0 Å². The van der Waals surface area contributed by atoms with E-state index in [1.807, 2.05) is 24.3 Å². The maximum atomic E-state index is 12.3. The standard InChI is InChI=1S/C22H22N4O2/c1-14(2)16-4-8-19(9-5-16)24-22(28)20-12-13-21(26-25-20)23-18-10-6-17(7-11-18)15(3)27/h4-14H,1-3H3,(H,23,26)(H,24,28). The van der Waals surface area contributed by atoms with Gasteiger partial charge in [0.15, 0.2) is 17.3 Å². The molecule has 0 aliphatic rings.